The topological polar surface area (TPSA) is 63.9 Å². The van der Waals surface area contributed by atoms with E-state index in [0.29, 0.717) is 24.0 Å². The summed E-state index contributed by atoms with van der Waals surface area (Å²) in [6.45, 7) is 3.70. The molecule has 216 valence electrons. The molecule has 3 aromatic carbocycles. The summed E-state index contributed by atoms with van der Waals surface area (Å²) in [5.74, 6) is 1.69. The van der Waals surface area contributed by atoms with Crippen LogP contribution in [0.1, 0.15) is 24.0 Å². The predicted octanol–water partition coefficient (Wildman–Crippen LogP) is 7.21. The van der Waals surface area contributed by atoms with Crippen LogP contribution in [0.3, 0.4) is 0 Å². The van der Waals surface area contributed by atoms with Gasteiger partial charge < -0.3 is 14.8 Å². The van der Waals surface area contributed by atoms with E-state index < -0.39 is 11.7 Å². The van der Waals surface area contributed by atoms with Crippen LogP contribution in [0.15, 0.2) is 91.0 Å². The van der Waals surface area contributed by atoms with Crippen molar-refractivity contribution >= 4 is 17.3 Å². The molecule has 1 fully saturated rings. The molecule has 0 unspecified atom stereocenters. The van der Waals surface area contributed by atoms with Crippen molar-refractivity contribution in [1.82, 2.24) is 19.5 Å². The van der Waals surface area contributed by atoms with Crippen molar-refractivity contribution in [2.75, 3.05) is 31.6 Å². The molecule has 0 radical (unpaired) electrons. The molecule has 0 saturated carbocycles. The first-order valence-corrected chi connectivity index (χ1v) is 13.9. The number of hydrogen-bond acceptors (Lipinski definition) is 6. The van der Waals surface area contributed by atoms with E-state index in [4.69, 9.17) is 9.47 Å². The summed E-state index contributed by atoms with van der Waals surface area (Å²) in [5.41, 5.74) is 2.39. The molecule has 0 atom stereocenters. The van der Waals surface area contributed by atoms with Gasteiger partial charge in [0.25, 0.3) is 0 Å². The number of ether oxygens (including phenoxy) is 2. The number of fused-ring (bicyclic) bond motifs is 1. The van der Waals surface area contributed by atoms with Crippen molar-refractivity contribution in [3.8, 4) is 22.8 Å². The van der Waals surface area contributed by atoms with Gasteiger partial charge in [-0.1, -0.05) is 36.4 Å². The third-order valence-corrected chi connectivity index (χ3v) is 7.19. The average molecular weight is 574 g/mol. The van der Waals surface area contributed by atoms with E-state index in [9.17, 15) is 13.2 Å². The van der Waals surface area contributed by atoms with Crippen LogP contribution < -0.4 is 14.8 Å². The zero-order valence-electron chi connectivity index (χ0n) is 22.8. The quantitative estimate of drug-likeness (QED) is 0.191. The summed E-state index contributed by atoms with van der Waals surface area (Å²) >= 11 is 0. The minimum absolute atomic E-state index is 0.0752. The van der Waals surface area contributed by atoms with E-state index in [1.54, 1.807) is 28.8 Å². The second-order valence-electron chi connectivity index (χ2n) is 10.1. The molecular weight excluding hydrogens is 543 g/mol. The van der Waals surface area contributed by atoms with Gasteiger partial charge in [-0.15, -0.1) is 5.10 Å². The fraction of sp³-hybridized carbons (Fsp3) is 0.250. The van der Waals surface area contributed by atoms with E-state index in [-0.39, 0.29) is 12.2 Å². The Morgan fingerprint density at radius 2 is 1.60 bits per heavy atom. The Hall–Kier alpha value is -4.57. The van der Waals surface area contributed by atoms with Crippen LogP contribution in [0.25, 0.3) is 16.9 Å². The highest BCUT2D eigenvalue weighted by Gasteiger charge is 2.33. The Morgan fingerprint density at radius 1 is 0.810 bits per heavy atom. The lowest BCUT2D eigenvalue weighted by atomic mass is 10.1. The number of rotatable bonds is 10. The van der Waals surface area contributed by atoms with Crippen molar-refractivity contribution in [2.24, 2.45) is 0 Å². The fourth-order valence-electron chi connectivity index (χ4n) is 5.07. The maximum Gasteiger partial charge on any atom is 0.416 e. The van der Waals surface area contributed by atoms with Crippen molar-refractivity contribution in [2.45, 2.75) is 25.6 Å². The first-order valence-electron chi connectivity index (χ1n) is 13.9. The number of alkyl halides is 3. The highest BCUT2D eigenvalue weighted by molar-refractivity contribution is 5.66. The lowest BCUT2D eigenvalue weighted by Crippen LogP contribution is -2.25. The third-order valence-electron chi connectivity index (χ3n) is 7.19. The Balaban J connectivity index is 1.13. The van der Waals surface area contributed by atoms with Crippen molar-refractivity contribution in [3.63, 3.8) is 0 Å². The minimum atomic E-state index is -4.45. The molecule has 1 N–H and O–H groups in total. The van der Waals surface area contributed by atoms with Gasteiger partial charge in [0.15, 0.2) is 5.65 Å². The fourth-order valence-corrected chi connectivity index (χ4v) is 5.07. The van der Waals surface area contributed by atoms with Crippen LogP contribution in [0, 0.1) is 0 Å². The summed E-state index contributed by atoms with van der Waals surface area (Å²) < 4.78 is 53.5. The maximum atomic E-state index is 13.4. The zero-order valence-corrected chi connectivity index (χ0v) is 22.8. The predicted molar refractivity (Wildman–Crippen MR) is 155 cm³/mol. The maximum absolute atomic E-state index is 13.4. The van der Waals surface area contributed by atoms with Crippen LogP contribution in [0.4, 0.5) is 24.8 Å². The van der Waals surface area contributed by atoms with Crippen molar-refractivity contribution in [3.05, 3.63) is 102 Å². The van der Waals surface area contributed by atoms with Gasteiger partial charge in [0, 0.05) is 23.4 Å². The van der Waals surface area contributed by atoms with Crippen LogP contribution in [0.5, 0.6) is 11.5 Å². The molecule has 10 heteroatoms. The molecule has 1 saturated heterocycles. The molecule has 5 aromatic rings. The number of nitrogens with one attached hydrogen (secondary N) is 1. The van der Waals surface area contributed by atoms with E-state index in [0.717, 1.165) is 48.4 Å². The third kappa shape index (κ3) is 6.49. The number of aromatic nitrogens is 3. The Labute approximate surface area is 241 Å². The number of anilines is 2. The largest absolute Gasteiger partial charge is 0.492 e. The van der Waals surface area contributed by atoms with Gasteiger partial charge in [-0.2, -0.15) is 18.2 Å². The minimum Gasteiger partial charge on any atom is -0.492 e. The van der Waals surface area contributed by atoms with Crippen molar-refractivity contribution < 1.29 is 22.6 Å². The monoisotopic (exact) mass is 573 g/mol. The van der Waals surface area contributed by atoms with Crippen LogP contribution in [-0.2, 0) is 12.8 Å². The second-order valence-corrected chi connectivity index (χ2v) is 10.1. The molecule has 3 heterocycles. The summed E-state index contributed by atoms with van der Waals surface area (Å²) in [6.07, 6.45) is -1.91. The molecule has 0 spiro atoms. The molecule has 0 aliphatic carbocycles. The average Bonchev–Trinajstić information content (AvgIpc) is 3.66. The van der Waals surface area contributed by atoms with E-state index >= 15 is 0 Å². The summed E-state index contributed by atoms with van der Waals surface area (Å²) in [5, 5.41) is 7.90. The van der Waals surface area contributed by atoms with Gasteiger partial charge in [0.05, 0.1) is 11.3 Å². The first-order chi connectivity index (χ1) is 20.4. The van der Waals surface area contributed by atoms with Gasteiger partial charge in [-0.3, -0.25) is 4.90 Å². The van der Waals surface area contributed by atoms with Gasteiger partial charge >= 0.3 is 6.18 Å². The SMILES string of the molecule is FC(F)(F)c1ccccc1COc1cccc(-c2cccc3nc(Nc4ccc(OCCN5CCCC5)cc4)nn23)c1. The summed E-state index contributed by atoms with van der Waals surface area (Å²) in [4.78, 5) is 7.02. The lowest BCUT2D eigenvalue weighted by Gasteiger charge is -2.15. The molecule has 7 nitrogen and oxygen atoms in total. The van der Waals surface area contributed by atoms with Crippen LogP contribution in [0.2, 0.25) is 0 Å². The Kier molecular flexibility index (Phi) is 7.96. The van der Waals surface area contributed by atoms with E-state index in [2.05, 4.69) is 20.3 Å². The summed E-state index contributed by atoms with van der Waals surface area (Å²) in [6, 6.07) is 25.9. The first kappa shape index (κ1) is 27.6. The number of halogens is 3. The summed E-state index contributed by atoms with van der Waals surface area (Å²) in [7, 11) is 0. The highest BCUT2D eigenvalue weighted by atomic mass is 19.4. The number of nitrogens with zero attached hydrogens (tertiary/aromatic N) is 4. The molecule has 0 amide bonds. The van der Waals surface area contributed by atoms with Gasteiger partial charge in [0.1, 0.15) is 24.7 Å². The molecule has 0 bridgehead atoms. The normalized spacial score (nSPS) is 13.9. The second kappa shape index (κ2) is 12.1. The molecule has 1 aliphatic rings. The van der Waals surface area contributed by atoms with Crippen LogP contribution >= 0.6 is 0 Å². The molecule has 42 heavy (non-hydrogen) atoms. The van der Waals surface area contributed by atoms with Gasteiger partial charge in [-0.25, -0.2) is 4.52 Å². The van der Waals surface area contributed by atoms with Crippen molar-refractivity contribution in [1.29, 1.82) is 0 Å². The van der Waals surface area contributed by atoms with Crippen LogP contribution in [-0.4, -0.2) is 45.7 Å². The number of pyridine rings is 1. The molecular formula is C32H30F3N5O2. The van der Waals surface area contributed by atoms with Gasteiger partial charge in [0.2, 0.25) is 5.95 Å². The lowest BCUT2D eigenvalue weighted by molar-refractivity contribution is -0.138. The van der Waals surface area contributed by atoms with Gasteiger partial charge in [-0.05, 0) is 80.5 Å². The van der Waals surface area contributed by atoms with E-state index in [1.807, 2.05) is 48.5 Å². The standard InChI is InChI=1S/C32H30F3N5O2/c33-32(34,35)28-10-2-1-7-24(28)22-42-27-9-5-8-23(21-27)29-11-6-12-30-37-31(38-40(29)30)36-25-13-15-26(16-14-25)41-20-19-39-17-3-4-18-39/h1-2,5-16,21H,3-4,17-20,22H2,(H,36,38). The Bertz CT molecular complexity index is 1650. The number of likely N-dealkylation sites (tertiary alicyclic amines) is 1. The van der Waals surface area contributed by atoms with E-state index in [1.165, 1.54) is 25.0 Å². The molecule has 6 rings (SSSR count). The number of benzene rings is 3. The Morgan fingerprint density at radius 3 is 2.40 bits per heavy atom. The molecule has 2 aromatic heterocycles. The number of hydrogen-bond donors (Lipinski definition) is 1. The smallest absolute Gasteiger partial charge is 0.416 e. The highest BCUT2D eigenvalue weighted by Crippen LogP contribution is 2.33. The zero-order chi connectivity index (χ0) is 28.9. The molecule has 1 aliphatic heterocycles.